The molecule has 2 aliphatic carbocycles. The molecule has 1 aromatic rings. The minimum Gasteiger partial charge on any atom is -0.504 e. The van der Waals surface area contributed by atoms with Crippen LogP contribution in [0.15, 0.2) is 25.3 Å². The highest BCUT2D eigenvalue weighted by molar-refractivity contribution is 5.90. The van der Waals surface area contributed by atoms with Gasteiger partial charge in [0, 0.05) is 18.0 Å². The fraction of sp³-hybridized carbons (Fsp3) is 0.500. The third-order valence-corrected chi connectivity index (χ3v) is 6.08. The number of benzene rings is 1. The molecule has 5 nitrogen and oxygen atoms in total. The average Bonchev–Trinajstić information content (AvgIpc) is 2.90. The first-order valence-corrected chi connectivity index (χ1v) is 8.08. The summed E-state index contributed by atoms with van der Waals surface area (Å²) < 4.78 is 5.90. The summed E-state index contributed by atoms with van der Waals surface area (Å²) in [6.45, 7) is 6.76. The molecule has 2 bridgehead atoms. The van der Waals surface area contributed by atoms with Crippen LogP contribution in [0.4, 0.5) is 0 Å². The molecule has 0 amide bonds. The van der Waals surface area contributed by atoms with E-state index in [-0.39, 0.29) is 17.6 Å². The number of hydrogen-bond donors (Lipinski definition) is 3. The van der Waals surface area contributed by atoms with Gasteiger partial charge in [0.05, 0.1) is 11.0 Å². The molecule has 1 spiro atoms. The van der Waals surface area contributed by atoms with Crippen molar-refractivity contribution in [3.63, 3.8) is 0 Å². The van der Waals surface area contributed by atoms with Gasteiger partial charge in [0.15, 0.2) is 23.4 Å². The first-order valence-electron chi connectivity index (χ1n) is 8.08. The molecule has 5 heteroatoms. The van der Waals surface area contributed by atoms with Crippen LogP contribution in [0.1, 0.15) is 30.4 Å². The Bertz CT molecular complexity index is 703. The van der Waals surface area contributed by atoms with Gasteiger partial charge in [-0.1, -0.05) is 6.07 Å². The Morgan fingerprint density at radius 1 is 1.30 bits per heavy atom. The van der Waals surface area contributed by atoms with Crippen molar-refractivity contribution < 1.29 is 19.7 Å². The molecule has 1 aromatic carbocycles. The first kappa shape index (κ1) is 14.7. The van der Waals surface area contributed by atoms with Gasteiger partial charge >= 0.3 is 0 Å². The van der Waals surface area contributed by atoms with Crippen LogP contribution in [-0.4, -0.2) is 40.3 Å². The van der Waals surface area contributed by atoms with E-state index in [0.29, 0.717) is 31.4 Å². The molecular weight excluding hydrogens is 294 g/mol. The van der Waals surface area contributed by atoms with Crippen LogP contribution in [-0.2, 0) is 16.6 Å². The summed E-state index contributed by atoms with van der Waals surface area (Å²) >= 11 is 0. The van der Waals surface area contributed by atoms with Gasteiger partial charge in [0.1, 0.15) is 0 Å². The standard InChI is InChI=1S/C16H17NO4.C2H4/c18-9-2-1-8-7-11-16(20)4-3-10(19)14-15(16,5-6-17-11)12(8)13(9)21-14;1-2/h1-2,11,14,17-18,20H,3-7H2;1-2H2/t11-,14+,15+,16-;/m1./s1. The van der Waals surface area contributed by atoms with Crippen LogP contribution in [0.25, 0.3) is 0 Å². The molecule has 122 valence electrons. The monoisotopic (exact) mass is 315 g/mol. The number of phenols is 1. The Labute approximate surface area is 135 Å². The Kier molecular flexibility index (Phi) is 2.93. The number of Topliss-reactive ketones (excluding diaryl/α,β-unsaturated/α-hetero) is 1. The van der Waals surface area contributed by atoms with Gasteiger partial charge in [-0.05, 0) is 37.4 Å². The van der Waals surface area contributed by atoms with Gasteiger partial charge in [-0.2, -0.15) is 0 Å². The number of rotatable bonds is 0. The molecule has 23 heavy (non-hydrogen) atoms. The molecule has 0 aromatic heterocycles. The number of hydrogen-bond acceptors (Lipinski definition) is 5. The van der Waals surface area contributed by atoms with Gasteiger partial charge in [-0.15, -0.1) is 13.2 Å². The SMILES string of the molecule is C=C.O=C1CC[C@@]2(O)[C@H]3Cc4ccc(O)c5c4[C@@]2(CCN3)[C@H]1O5. The fourth-order valence-corrected chi connectivity index (χ4v) is 5.22. The number of aliphatic hydroxyl groups is 1. The smallest absolute Gasteiger partial charge is 0.174 e. The first-order chi connectivity index (χ1) is 11.1. The minimum atomic E-state index is -0.962. The maximum Gasteiger partial charge on any atom is 0.174 e. The van der Waals surface area contributed by atoms with E-state index in [2.05, 4.69) is 18.5 Å². The summed E-state index contributed by atoms with van der Waals surface area (Å²) in [6, 6.07) is 3.49. The van der Waals surface area contributed by atoms with E-state index in [1.165, 1.54) is 0 Å². The third kappa shape index (κ3) is 1.47. The van der Waals surface area contributed by atoms with Crippen molar-refractivity contribution in [3.05, 3.63) is 36.4 Å². The molecule has 4 atom stereocenters. The topological polar surface area (TPSA) is 78.8 Å². The van der Waals surface area contributed by atoms with Crippen molar-refractivity contribution in [2.75, 3.05) is 6.54 Å². The maximum absolute atomic E-state index is 12.4. The molecule has 1 saturated carbocycles. The quantitative estimate of drug-likeness (QED) is 0.627. The lowest BCUT2D eigenvalue weighted by molar-refractivity contribution is -0.166. The fourth-order valence-electron chi connectivity index (χ4n) is 5.22. The van der Waals surface area contributed by atoms with Gasteiger partial charge in [-0.25, -0.2) is 0 Å². The molecule has 2 aliphatic heterocycles. The lowest BCUT2D eigenvalue weighted by atomic mass is 9.49. The Morgan fingerprint density at radius 2 is 2.09 bits per heavy atom. The number of carbonyl (C=O) groups excluding carboxylic acids is 1. The molecule has 4 aliphatic rings. The van der Waals surface area contributed by atoms with E-state index < -0.39 is 17.1 Å². The largest absolute Gasteiger partial charge is 0.504 e. The van der Waals surface area contributed by atoms with E-state index >= 15 is 0 Å². The number of aromatic hydroxyl groups is 1. The van der Waals surface area contributed by atoms with Crippen molar-refractivity contribution in [1.82, 2.24) is 5.32 Å². The lowest BCUT2D eigenvalue weighted by Crippen LogP contribution is -2.76. The molecule has 1 saturated heterocycles. The Balaban J connectivity index is 0.000000652. The van der Waals surface area contributed by atoms with Gasteiger partial charge < -0.3 is 20.3 Å². The van der Waals surface area contributed by atoms with E-state index in [1.807, 2.05) is 6.07 Å². The van der Waals surface area contributed by atoms with Crippen LogP contribution < -0.4 is 10.1 Å². The van der Waals surface area contributed by atoms with Crippen molar-refractivity contribution in [2.45, 2.75) is 48.8 Å². The highest BCUT2D eigenvalue weighted by Crippen LogP contribution is 2.63. The molecule has 3 N–H and O–H groups in total. The molecule has 5 rings (SSSR count). The second-order valence-corrected chi connectivity index (χ2v) is 6.77. The van der Waals surface area contributed by atoms with E-state index in [1.54, 1.807) is 6.07 Å². The normalized spacial score (nSPS) is 38.9. The number of piperidine rings is 1. The average molecular weight is 315 g/mol. The number of nitrogens with one attached hydrogen (secondary N) is 1. The zero-order valence-corrected chi connectivity index (χ0v) is 13.0. The van der Waals surface area contributed by atoms with Crippen LogP contribution >= 0.6 is 0 Å². The summed E-state index contributed by atoms with van der Waals surface area (Å²) in [5, 5.41) is 25.0. The van der Waals surface area contributed by atoms with Crippen LogP contribution in [0.2, 0.25) is 0 Å². The lowest BCUT2D eigenvalue weighted by Gasteiger charge is -2.59. The van der Waals surface area contributed by atoms with Crippen LogP contribution in [0.3, 0.4) is 0 Å². The highest BCUT2D eigenvalue weighted by atomic mass is 16.5. The van der Waals surface area contributed by atoms with Crippen LogP contribution in [0, 0.1) is 0 Å². The van der Waals surface area contributed by atoms with Crippen molar-refractivity contribution in [1.29, 1.82) is 0 Å². The molecular formula is C18H21NO4. The van der Waals surface area contributed by atoms with Crippen LogP contribution in [0.5, 0.6) is 11.5 Å². The Hall–Kier alpha value is -1.85. The van der Waals surface area contributed by atoms with Crippen molar-refractivity contribution in [3.8, 4) is 11.5 Å². The van der Waals surface area contributed by atoms with E-state index in [0.717, 1.165) is 17.7 Å². The van der Waals surface area contributed by atoms with E-state index in [9.17, 15) is 15.0 Å². The summed E-state index contributed by atoms with van der Waals surface area (Å²) in [5.41, 5.74) is 0.332. The van der Waals surface area contributed by atoms with Gasteiger partial charge in [0.2, 0.25) is 0 Å². The van der Waals surface area contributed by atoms with Gasteiger partial charge in [0.25, 0.3) is 0 Å². The number of carbonyl (C=O) groups is 1. The predicted octanol–water partition coefficient (Wildman–Crippen LogP) is 1.21. The number of phenolic OH excluding ortho intramolecular Hbond substituents is 1. The minimum absolute atomic E-state index is 0.0452. The number of ketones is 1. The summed E-state index contributed by atoms with van der Waals surface area (Å²) in [6.07, 6.45) is 1.54. The molecule has 2 fully saturated rings. The second-order valence-electron chi connectivity index (χ2n) is 6.77. The second kappa shape index (κ2) is 4.58. The maximum atomic E-state index is 12.4. The summed E-state index contributed by atoms with van der Waals surface area (Å²) in [7, 11) is 0. The Morgan fingerprint density at radius 3 is 2.87 bits per heavy atom. The predicted molar refractivity (Wildman–Crippen MR) is 84.8 cm³/mol. The zero-order valence-electron chi connectivity index (χ0n) is 13.0. The highest BCUT2D eigenvalue weighted by Gasteiger charge is 2.71. The number of ether oxygens (including phenoxy) is 1. The van der Waals surface area contributed by atoms with Crippen molar-refractivity contribution in [2.24, 2.45) is 0 Å². The van der Waals surface area contributed by atoms with Crippen molar-refractivity contribution >= 4 is 5.78 Å². The summed E-state index contributed by atoms with van der Waals surface area (Å²) in [4.78, 5) is 12.4. The molecule has 0 radical (unpaired) electrons. The molecule has 2 heterocycles. The third-order valence-electron chi connectivity index (χ3n) is 6.08. The van der Waals surface area contributed by atoms with Gasteiger partial charge in [-0.3, -0.25) is 4.79 Å². The summed E-state index contributed by atoms with van der Waals surface area (Å²) in [5.74, 6) is 0.542. The zero-order chi connectivity index (χ0) is 16.4. The van der Waals surface area contributed by atoms with E-state index in [4.69, 9.17) is 4.74 Å². The molecule has 0 unspecified atom stereocenters.